The zero-order chi connectivity index (χ0) is 25.9. The van der Waals surface area contributed by atoms with Gasteiger partial charge in [-0.1, -0.05) is 0 Å². The molecule has 1 saturated heterocycles. The van der Waals surface area contributed by atoms with Gasteiger partial charge >= 0.3 is 0 Å². The highest BCUT2D eigenvalue weighted by Crippen LogP contribution is 2.31. The SMILES string of the molecule is O=C(Nc1ccc2[nH]c3c(c2c1)CCCC3)c1cc(OCCc2ncccc2O)nc(N2CCOCC2)n1. The number of morpholine rings is 1. The first kappa shape index (κ1) is 24.2. The average molecular weight is 515 g/mol. The van der Waals surface area contributed by atoms with Crippen LogP contribution in [0.15, 0.2) is 42.6 Å². The molecule has 0 saturated carbocycles. The van der Waals surface area contributed by atoms with E-state index in [1.807, 2.05) is 23.1 Å². The molecule has 38 heavy (non-hydrogen) atoms. The van der Waals surface area contributed by atoms with Crippen LogP contribution in [0.2, 0.25) is 0 Å². The van der Waals surface area contributed by atoms with E-state index in [0.717, 1.165) is 29.4 Å². The lowest BCUT2D eigenvalue weighted by Crippen LogP contribution is -2.37. The number of carbonyl (C=O) groups excluding carboxylic acids is 1. The Bertz CT molecular complexity index is 1460. The van der Waals surface area contributed by atoms with Crippen LogP contribution in [0.5, 0.6) is 11.6 Å². The maximum absolute atomic E-state index is 13.4. The van der Waals surface area contributed by atoms with E-state index >= 15 is 0 Å². The normalized spacial score (nSPS) is 15.3. The maximum Gasteiger partial charge on any atom is 0.274 e. The minimum atomic E-state index is -0.335. The Kier molecular flexibility index (Phi) is 6.78. The van der Waals surface area contributed by atoms with Crippen LogP contribution in [-0.2, 0) is 24.0 Å². The summed E-state index contributed by atoms with van der Waals surface area (Å²) in [6.07, 6.45) is 6.53. The van der Waals surface area contributed by atoms with Gasteiger partial charge in [-0.15, -0.1) is 0 Å². The van der Waals surface area contributed by atoms with Crippen molar-refractivity contribution in [3.63, 3.8) is 0 Å². The van der Waals surface area contributed by atoms with Crippen LogP contribution in [0, 0.1) is 0 Å². The van der Waals surface area contributed by atoms with E-state index in [0.29, 0.717) is 44.4 Å². The fourth-order valence-electron chi connectivity index (χ4n) is 5.06. The molecule has 10 heteroatoms. The molecule has 1 fully saturated rings. The molecule has 4 heterocycles. The van der Waals surface area contributed by atoms with E-state index in [1.165, 1.54) is 24.1 Å². The molecule has 0 atom stereocenters. The number of ether oxygens (including phenoxy) is 2. The van der Waals surface area contributed by atoms with Crippen molar-refractivity contribution >= 4 is 28.4 Å². The number of pyridine rings is 1. The lowest BCUT2D eigenvalue weighted by Gasteiger charge is -2.27. The summed E-state index contributed by atoms with van der Waals surface area (Å²) in [4.78, 5) is 32.2. The lowest BCUT2D eigenvalue weighted by atomic mass is 9.95. The van der Waals surface area contributed by atoms with Crippen LogP contribution in [0.25, 0.3) is 10.9 Å². The largest absolute Gasteiger partial charge is 0.506 e. The Balaban J connectivity index is 1.23. The Morgan fingerprint density at radius 3 is 2.87 bits per heavy atom. The van der Waals surface area contributed by atoms with E-state index in [9.17, 15) is 9.90 Å². The second kappa shape index (κ2) is 10.7. The molecule has 196 valence electrons. The highest BCUT2D eigenvalue weighted by molar-refractivity contribution is 6.04. The van der Waals surface area contributed by atoms with Gasteiger partial charge in [0.1, 0.15) is 11.4 Å². The quantitative estimate of drug-likeness (QED) is 0.341. The van der Waals surface area contributed by atoms with Crippen molar-refractivity contribution in [1.29, 1.82) is 0 Å². The summed E-state index contributed by atoms with van der Waals surface area (Å²) in [6.45, 7) is 2.62. The van der Waals surface area contributed by atoms with Crippen molar-refractivity contribution in [3.8, 4) is 11.6 Å². The average Bonchev–Trinajstić information content (AvgIpc) is 3.32. The fraction of sp³-hybridized carbons (Fsp3) is 0.357. The number of aromatic hydroxyl groups is 1. The van der Waals surface area contributed by atoms with Gasteiger partial charge in [0, 0.05) is 54.1 Å². The third kappa shape index (κ3) is 5.12. The number of anilines is 2. The van der Waals surface area contributed by atoms with Crippen molar-refractivity contribution in [2.75, 3.05) is 43.1 Å². The first-order valence-corrected chi connectivity index (χ1v) is 13.1. The van der Waals surface area contributed by atoms with Gasteiger partial charge in [0.2, 0.25) is 11.8 Å². The lowest BCUT2D eigenvalue weighted by molar-refractivity contribution is 0.102. The topological polar surface area (TPSA) is 125 Å². The maximum atomic E-state index is 13.4. The van der Waals surface area contributed by atoms with Crippen LogP contribution in [0.1, 0.15) is 40.3 Å². The van der Waals surface area contributed by atoms with Gasteiger partial charge in [0.15, 0.2) is 0 Å². The summed E-state index contributed by atoms with van der Waals surface area (Å²) in [6, 6.07) is 10.8. The van der Waals surface area contributed by atoms with Gasteiger partial charge < -0.3 is 29.8 Å². The first-order valence-electron chi connectivity index (χ1n) is 13.1. The van der Waals surface area contributed by atoms with Gasteiger partial charge in [-0.2, -0.15) is 4.98 Å². The zero-order valence-corrected chi connectivity index (χ0v) is 21.1. The summed E-state index contributed by atoms with van der Waals surface area (Å²) < 4.78 is 11.4. The number of nitrogens with zero attached hydrogens (tertiary/aromatic N) is 4. The van der Waals surface area contributed by atoms with E-state index < -0.39 is 0 Å². The molecule has 1 aliphatic heterocycles. The van der Waals surface area contributed by atoms with Gasteiger partial charge in [-0.3, -0.25) is 9.78 Å². The summed E-state index contributed by atoms with van der Waals surface area (Å²) in [7, 11) is 0. The second-order valence-corrected chi connectivity index (χ2v) is 9.56. The Morgan fingerprint density at radius 2 is 2.00 bits per heavy atom. The Morgan fingerprint density at radius 1 is 1.13 bits per heavy atom. The zero-order valence-electron chi connectivity index (χ0n) is 21.1. The number of H-pyrrole nitrogens is 1. The molecular weight excluding hydrogens is 484 g/mol. The summed E-state index contributed by atoms with van der Waals surface area (Å²) >= 11 is 0. The first-order chi connectivity index (χ1) is 18.6. The number of hydrogen-bond acceptors (Lipinski definition) is 8. The standard InChI is InChI=1S/C28H30N6O4/c35-25-6-3-10-29-23(25)9-13-38-26-17-24(32-28(33-26)34-11-14-37-15-12-34)27(36)30-18-7-8-22-20(16-18)19-4-1-2-5-21(19)31-22/h3,6-8,10,16-17,31,35H,1-2,4-5,9,11-15H2,(H,30,36). The number of nitrogens with one attached hydrogen (secondary N) is 2. The van der Waals surface area contributed by atoms with Crippen molar-refractivity contribution in [2.45, 2.75) is 32.1 Å². The molecule has 6 rings (SSSR count). The van der Waals surface area contributed by atoms with E-state index in [-0.39, 0.29) is 29.8 Å². The highest BCUT2D eigenvalue weighted by atomic mass is 16.5. The van der Waals surface area contributed by atoms with Crippen LogP contribution < -0.4 is 15.0 Å². The third-order valence-electron chi connectivity index (χ3n) is 7.03. The highest BCUT2D eigenvalue weighted by Gasteiger charge is 2.20. The fourth-order valence-corrected chi connectivity index (χ4v) is 5.06. The Labute approximate surface area is 220 Å². The van der Waals surface area contributed by atoms with Crippen molar-refractivity contribution in [1.82, 2.24) is 19.9 Å². The number of fused-ring (bicyclic) bond motifs is 3. The molecule has 1 amide bonds. The van der Waals surface area contributed by atoms with Crippen LogP contribution in [0.4, 0.5) is 11.6 Å². The summed E-state index contributed by atoms with van der Waals surface area (Å²) in [5.74, 6) is 0.496. The number of hydrogen-bond donors (Lipinski definition) is 3. The minimum Gasteiger partial charge on any atom is -0.506 e. The number of aromatic amines is 1. The smallest absolute Gasteiger partial charge is 0.274 e. The number of rotatable bonds is 7. The summed E-state index contributed by atoms with van der Waals surface area (Å²) in [5.41, 5.74) is 5.23. The van der Waals surface area contributed by atoms with Gasteiger partial charge in [-0.05, 0) is 61.6 Å². The second-order valence-electron chi connectivity index (χ2n) is 9.56. The molecule has 3 N–H and O–H groups in total. The molecule has 2 aliphatic rings. The molecular formula is C28H30N6O4. The Hall–Kier alpha value is -4.18. The molecule has 1 aromatic carbocycles. The number of aromatic nitrogens is 4. The van der Waals surface area contributed by atoms with Gasteiger partial charge in [-0.25, -0.2) is 4.98 Å². The minimum absolute atomic E-state index is 0.119. The van der Waals surface area contributed by atoms with Crippen molar-refractivity contribution < 1.29 is 19.4 Å². The molecule has 3 aromatic heterocycles. The molecule has 1 aliphatic carbocycles. The molecule has 10 nitrogen and oxygen atoms in total. The van der Waals surface area contributed by atoms with Crippen LogP contribution >= 0.6 is 0 Å². The van der Waals surface area contributed by atoms with Gasteiger partial charge in [0.05, 0.1) is 25.5 Å². The number of benzene rings is 1. The van der Waals surface area contributed by atoms with Gasteiger partial charge in [0.25, 0.3) is 5.91 Å². The molecule has 0 unspecified atom stereocenters. The summed E-state index contributed by atoms with van der Waals surface area (Å²) in [5, 5.41) is 14.2. The number of amides is 1. The molecule has 0 spiro atoms. The third-order valence-corrected chi connectivity index (χ3v) is 7.03. The predicted molar refractivity (Wildman–Crippen MR) is 143 cm³/mol. The monoisotopic (exact) mass is 514 g/mol. The van der Waals surface area contributed by atoms with Crippen molar-refractivity contribution in [2.24, 2.45) is 0 Å². The van der Waals surface area contributed by atoms with Crippen molar-refractivity contribution in [3.05, 3.63) is 65.2 Å². The van der Waals surface area contributed by atoms with E-state index in [2.05, 4.69) is 25.3 Å². The van der Waals surface area contributed by atoms with E-state index in [4.69, 9.17) is 9.47 Å². The van der Waals surface area contributed by atoms with Crippen LogP contribution in [-0.4, -0.2) is 63.9 Å². The predicted octanol–water partition coefficient (Wildman–Crippen LogP) is 3.65. The molecule has 4 aromatic rings. The number of aryl methyl sites for hydroxylation is 2. The van der Waals surface area contributed by atoms with E-state index in [1.54, 1.807) is 24.4 Å². The van der Waals surface area contributed by atoms with Crippen LogP contribution in [0.3, 0.4) is 0 Å². The molecule has 0 radical (unpaired) electrons. The molecule has 0 bridgehead atoms. The number of carbonyl (C=O) groups is 1.